The van der Waals surface area contributed by atoms with Crippen LogP contribution in [0.3, 0.4) is 0 Å². The smallest absolute Gasteiger partial charge is 0.408 e. The van der Waals surface area contributed by atoms with Gasteiger partial charge in [0.2, 0.25) is 5.91 Å². The fraction of sp³-hybridized carbons (Fsp3) is 0.400. The molecule has 0 aliphatic carbocycles. The molecule has 0 bridgehead atoms. The Morgan fingerprint density at radius 3 is 2.06 bits per heavy atom. The Balaban J connectivity index is 2.30. The molecule has 0 radical (unpaired) electrons. The zero-order valence-electron chi connectivity index (χ0n) is 19.9. The highest BCUT2D eigenvalue weighted by molar-refractivity contribution is 5.99. The summed E-state index contributed by atoms with van der Waals surface area (Å²) >= 11 is 0. The molecule has 0 aliphatic heterocycles. The highest BCUT2D eigenvalue weighted by Crippen LogP contribution is 2.28. The minimum absolute atomic E-state index is 0.287. The van der Waals surface area contributed by atoms with Gasteiger partial charge in [-0.1, -0.05) is 36.4 Å². The first-order valence-corrected chi connectivity index (χ1v) is 10.6. The SMILES string of the molecule is Cc1ccccc1NC(=O)C(c1c(C)cccc1C)N(C)C(=O)CNC(=O)OC(C)(C)C. The van der Waals surface area contributed by atoms with E-state index >= 15 is 0 Å². The fourth-order valence-electron chi connectivity index (χ4n) is 3.40. The Morgan fingerprint density at radius 2 is 1.50 bits per heavy atom. The van der Waals surface area contributed by atoms with Gasteiger partial charge in [-0.3, -0.25) is 9.59 Å². The Morgan fingerprint density at radius 1 is 0.938 bits per heavy atom. The summed E-state index contributed by atoms with van der Waals surface area (Å²) in [6, 6.07) is 12.3. The zero-order chi connectivity index (χ0) is 24.1. The summed E-state index contributed by atoms with van der Waals surface area (Å²) in [6.07, 6.45) is -0.688. The monoisotopic (exact) mass is 439 g/mol. The van der Waals surface area contributed by atoms with Crippen LogP contribution in [0.15, 0.2) is 42.5 Å². The number of hydrogen-bond donors (Lipinski definition) is 2. The summed E-state index contributed by atoms with van der Waals surface area (Å²) < 4.78 is 5.19. The van der Waals surface area contributed by atoms with Gasteiger partial charge >= 0.3 is 6.09 Å². The van der Waals surface area contributed by atoms with E-state index in [9.17, 15) is 14.4 Å². The molecule has 2 N–H and O–H groups in total. The van der Waals surface area contributed by atoms with Gasteiger partial charge < -0.3 is 20.3 Å². The van der Waals surface area contributed by atoms with Crippen LogP contribution in [0, 0.1) is 20.8 Å². The first-order chi connectivity index (χ1) is 14.9. The number of hydrogen-bond acceptors (Lipinski definition) is 4. The average molecular weight is 440 g/mol. The number of rotatable bonds is 6. The maximum atomic E-state index is 13.4. The van der Waals surface area contributed by atoms with Crippen LogP contribution in [0.4, 0.5) is 10.5 Å². The number of alkyl carbamates (subject to hydrolysis) is 1. The highest BCUT2D eigenvalue weighted by atomic mass is 16.6. The van der Waals surface area contributed by atoms with E-state index in [0.29, 0.717) is 5.69 Å². The van der Waals surface area contributed by atoms with Crippen molar-refractivity contribution < 1.29 is 19.1 Å². The van der Waals surface area contributed by atoms with Crippen LogP contribution in [0.5, 0.6) is 0 Å². The number of carbonyl (C=O) groups is 3. The van der Waals surface area contributed by atoms with Crippen LogP contribution in [0.2, 0.25) is 0 Å². The molecule has 0 fully saturated rings. The summed E-state index contributed by atoms with van der Waals surface area (Å²) in [5.41, 5.74) is 3.48. The van der Waals surface area contributed by atoms with Crippen molar-refractivity contribution in [2.24, 2.45) is 0 Å². The van der Waals surface area contributed by atoms with Crippen LogP contribution in [-0.4, -0.2) is 42.0 Å². The van der Waals surface area contributed by atoms with Gasteiger partial charge in [-0.25, -0.2) is 4.79 Å². The highest BCUT2D eigenvalue weighted by Gasteiger charge is 2.31. The predicted octanol–water partition coefficient (Wildman–Crippen LogP) is 4.27. The van der Waals surface area contributed by atoms with E-state index in [1.165, 1.54) is 4.90 Å². The van der Waals surface area contributed by atoms with Crippen LogP contribution >= 0.6 is 0 Å². The van der Waals surface area contributed by atoms with E-state index in [0.717, 1.165) is 22.3 Å². The van der Waals surface area contributed by atoms with E-state index in [-0.39, 0.29) is 12.5 Å². The van der Waals surface area contributed by atoms with Crippen molar-refractivity contribution in [3.8, 4) is 0 Å². The van der Waals surface area contributed by atoms with E-state index in [1.54, 1.807) is 27.8 Å². The lowest BCUT2D eigenvalue weighted by Gasteiger charge is -2.30. The maximum Gasteiger partial charge on any atom is 0.408 e. The Hall–Kier alpha value is -3.35. The van der Waals surface area contributed by atoms with E-state index < -0.39 is 23.6 Å². The molecule has 0 aliphatic rings. The van der Waals surface area contributed by atoms with Crippen molar-refractivity contribution in [3.63, 3.8) is 0 Å². The second kappa shape index (κ2) is 10.3. The molecular formula is C25H33N3O4. The van der Waals surface area contributed by atoms with Crippen molar-refractivity contribution in [1.82, 2.24) is 10.2 Å². The number of nitrogens with one attached hydrogen (secondary N) is 2. The lowest BCUT2D eigenvalue weighted by molar-refractivity contribution is -0.136. The first-order valence-electron chi connectivity index (χ1n) is 10.6. The summed E-state index contributed by atoms with van der Waals surface area (Å²) in [4.78, 5) is 39.7. The molecule has 2 aromatic rings. The Labute approximate surface area is 190 Å². The minimum atomic E-state index is -0.872. The minimum Gasteiger partial charge on any atom is -0.444 e. The second-order valence-corrected chi connectivity index (χ2v) is 8.87. The largest absolute Gasteiger partial charge is 0.444 e. The van der Waals surface area contributed by atoms with Gasteiger partial charge in [-0.15, -0.1) is 0 Å². The van der Waals surface area contributed by atoms with Crippen molar-refractivity contribution in [2.45, 2.75) is 53.2 Å². The van der Waals surface area contributed by atoms with Gasteiger partial charge in [0.1, 0.15) is 18.2 Å². The lowest BCUT2D eigenvalue weighted by atomic mass is 9.94. The molecule has 7 heteroatoms. The standard InChI is InChI=1S/C25H33N3O4/c1-16-11-8-9-14-19(16)27-23(30)22(21-17(2)12-10-13-18(21)3)28(7)20(29)15-26-24(31)32-25(4,5)6/h8-14,22H,15H2,1-7H3,(H,26,31)(H,27,30). The van der Waals surface area contributed by atoms with Crippen LogP contribution in [0.25, 0.3) is 0 Å². The number of amides is 3. The Kier molecular flexibility index (Phi) is 8.02. The van der Waals surface area contributed by atoms with Crippen molar-refractivity contribution in [1.29, 1.82) is 0 Å². The van der Waals surface area contributed by atoms with Crippen LogP contribution in [0.1, 0.15) is 49.1 Å². The molecule has 1 unspecified atom stereocenters. The third-order valence-corrected chi connectivity index (χ3v) is 5.03. The average Bonchev–Trinajstić information content (AvgIpc) is 2.69. The van der Waals surface area contributed by atoms with Gasteiger partial charge in [-0.05, 0) is 69.9 Å². The topological polar surface area (TPSA) is 87.7 Å². The van der Waals surface area contributed by atoms with Crippen LogP contribution < -0.4 is 10.6 Å². The van der Waals surface area contributed by atoms with E-state index in [1.807, 2.05) is 63.2 Å². The van der Waals surface area contributed by atoms with Gasteiger partial charge in [0, 0.05) is 12.7 Å². The predicted molar refractivity (Wildman–Crippen MR) is 125 cm³/mol. The zero-order valence-corrected chi connectivity index (χ0v) is 19.9. The van der Waals surface area contributed by atoms with E-state index in [4.69, 9.17) is 4.74 Å². The number of likely N-dealkylation sites (N-methyl/N-ethyl adjacent to an activating group) is 1. The number of nitrogens with zero attached hydrogens (tertiary/aromatic N) is 1. The summed E-state index contributed by atoms with van der Waals surface area (Å²) in [5.74, 6) is -0.742. The second-order valence-electron chi connectivity index (χ2n) is 8.87. The Bertz CT molecular complexity index is 975. The summed E-state index contributed by atoms with van der Waals surface area (Å²) in [5, 5.41) is 5.42. The molecule has 2 rings (SSSR count). The van der Waals surface area contributed by atoms with Crippen LogP contribution in [-0.2, 0) is 14.3 Å². The lowest BCUT2D eigenvalue weighted by Crippen LogP contribution is -2.45. The molecule has 172 valence electrons. The number of anilines is 1. The normalized spacial score (nSPS) is 12.0. The fourth-order valence-corrected chi connectivity index (χ4v) is 3.40. The number of para-hydroxylation sites is 1. The molecule has 2 aromatic carbocycles. The number of aryl methyl sites for hydroxylation is 3. The third kappa shape index (κ3) is 6.57. The van der Waals surface area contributed by atoms with E-state index in [2.05, 4.69) is 10.6 Å². The molecule has 7 nitrogen and oxygen atoms in total. The van der Waals surface area contributed by atoms with Crippen molar-refractivity contribution >= 4 is 23.6 Å². The van der Waals surface area contributed by atoms with Gasteiger partial charge in [-0.2, -0.15) is 0 Å². The molecule has 1 atom stereocenters. The maximum absolute atomic E-state index is 13.4. The summed E-state index contributed by atoms with van der Waals surface area (Å²) in [7, 11) is 1.56. The molecule has 0 aromatic heterocycles. The summed E-state index contributed by atoms with van der Waals surface area (Å²) in [6.45, 7) is 10.7. The molecule has 0 heterocycles. The molecule has 3 amide bonds. The van der Waals surface area contributed by atoms with Gasteiger partial charge in [0.05, 0.1) is 0 Å². The molecule has 0 saturated carbocycles. The number of benzene rings is 2. The van der Waals surface area contributed by atoms with Gasteiger partial charge in [0.15, 0.2) is 0 Å². The number of ether oxygens (including phenoxy) is 1. The number of carbonyl (C=O) groups excluding carboxylic acids is 3. The molecule has 0 saturated heterocycles. The first kappa shape index (κ1) is 24.9. The van der Waals surface area contributed by atoms with Crippen molar-refractivity contribution in [2.75, 3.05) is 18.9 Å². The quantitative estimate of drug-likeness (QED) is 0.703. The molecule has 0 spiro atoms. The third-order valence-electron chi connectivity index (χ3n) is 5.03. The van der Waals surface area contributed by atoms with Gasteiger partial charge in [0.25, 0.3) is 5.91 Å². The van der Waals surface area contributed by atoms with Crippen molar-refractivity contribution in [3.05, 3.63) is 64.7 Å². The molecule has 32 heavy (non-hydrogen) atoms. The molecular weight excluding hydrogens is 406 g/mol.